The topological polar surface area (TPSA) is 95.9 Å². The third kappa shape index (κ3) is 5.08. The van der Waals surface area contributed by atoms with Crippen LogP contribution >= 0.6 is 11.8 Å². The van der Waals surface area contributed by atoms with Gasteiger partial charge in [-0.25, -0.2) is 0 Å². The van der Waals surface area contributed by atoms with Gasteiger partial charge in [0.05, 0.1) is 0 Å². The summed E-state index contributed by atoms with van der Waals surface area (Å²) in [5, 5.41) is 0. The Hall–Kier alpha value is -1.82. The molecule has 0 unspecified atom stereocenters. The fraction of sp³-hybridized carbons (Fsp3) is 0.350. The quantitative estimate of drug-likeness (QED) is 0.840. The van der Waals surface area contributed by atoms with E-state index in [1.165, 1.54) is 36.1 Å². The maximum atomic E-state index is 12.0. The summed E-state index contributed by atoms with van der Waals surface area (Å²) in [4.78, 5) is 16.3. The smallest absolute Gasteiger partial charge is 0.251 e. The Balaban J connectivity index is 0.00000208. The van der Waals surface area contributed by atoms with Crippen molar-refractivity contribution in [1.82, 2.24) is 4.98 Å². The summed E-state index contributed by atoms with van der Waals surface area (Å²) >= 11 is 1.75. The molecular weight excluding hydrogens is 334 g/mol. The minimum absolute atomic E-state index is 0. The Morgan fingerprint density at radius 2 is 1.76 bits per heavy atom. The van der Waals surface area contributed by atoms with Crippen LogP contribution in [0.25, 0.3) is 5.57 Å². The third-order valence-electron chi connectivity index (χ3n) is 4.60. The van der Waals surface area contributed by atoms with Crippen LogP contribution in [0.15, 0.2) is 52.2 Å². The molecule has 1 aliphatic carbocycles. The molecule has 5 N–H and O–H groups in total. The normalized spacial score (nSPS) is 14.7. The van der Waals surface area contributed by atoms with Crippen LogP contribution < -0.4 is 5.56 Å². The first kappa shape index (κ1) is 21.2. The summed E-state index contributed by atoms with van der Waals surface area (Å²) in [6, 6.07) is 12.5. The van der Waals surface area contributed by atoms with Crippen molar-refractivity contribution >= 4 is 17.3 Å². The van der Waals surface area contributed by atoms with Crippen molar-refractivity contribution < 1.29 is 12.4 Å². The average Bonchev–Trinajstić information content (AvgIpc) is 3.09. The van der Waals surface area contributed by atoms with E-state index in [-0.39, 0.29) is 17.9 Å². The van der Waals surface area contributed by atoms with E-state index in [4.69, 9.17) is 0 Å². The van der Waals surface area contributed by atoms with Gasteiger partial charge in [-0.2, -0.15) is 0 Å². The highest BCUT2D eigenvalue weighted by atomic mass is 32.2. The lowest BCUT2D eigenvalue weighted by Crippen LogP contribution is -2.11. The number of H-pyrrole nitrogens is 1. The maximum absolute atomic E-state index is 12.0. The van der Waals surface area contributed by atoms with Gasteiger partial charge in [0.2, 0.25) is 0 Å². The van der Waals surface area contributed by atoms with Crippen molar-refractivity contribution in [1.29, 1.82) is 0 Å². The van der Waals surface area contributed by atoms with Crippen LogP contribution in [-0.2, 0) is 0 Å². The van der Waals surface area contributed by atoms with Crippen LogP contribution in [0.1, 0.15) is 43.9 Å². The van der Waals surface area contributed by atoms with Gasteiger partial charge in [-0.3, -0.25) is 4.79 Å². The minimum atomic E-state index is 0. The number of hydrogen-bond acceptors (Lipinski definition) is 2. The predicted octanol–water partition coefficient (Wildman–Crippen LogP) is 3.62. The van der Waals surface area contributed by atoms with Crippen molar-refractivity contribution in [3.63, 3.8) is 0 Å². The van der Waals surface area contributed by atoms with Gasteiger partial charge < -0.3 is 15.9 Å². The number of aromatic amines is 1. The molecule has 0 atom stereocenters. The highest BCUT2D eigenvalue weighted by Gasteiger charge is 2.16. The van der Waals surface area contributed by atoms with Crippen molar-refractivity contribution in [3.8, 4) is 0 Å². The Morgan fingerprint density at radius 1 is 1.12 bits per heavy atom. The summed E-state index contributed by atoms with van der Waals surface area (Å²) < 4.78 is 0. The molecule has 0 aliphatic heterocycles. The first-order chi connectivity index (χ1) is 11.2. The second kappa shape index (κ2) is 9.61. The fourth-order valence-electron chi connectivity index (χ4n) is 3.18. The SMILES string of the molecule is CSc1ccc(/C(=C\C2CCCC2)c2ccc(C)c(=O)[nH]2)cc1.O.O.[HH]. The molecular formula is C20H29NO3S. The molecule has 138 valence electrons. The molecule has 0 bridgehead atoms. The van der Waals surface area contributed by atoms with E-state index in [1.54, 1.807) is 11.8 Å². The minimum Gasteiger partial charge on any atom is -0.412 e. The number of benzene rings is 1. The highest BCUT2D eigenvalue weighted by Crippen LogP contribution is 2.32. The van der Waals surface area contributed by atoms with Crippen LogP contribution in [0, 0.1) is 12.8 Å². The predicted molar refractivity (Wildman–Crippen MR) is 108 cm³/mol. The van der Waals surface area contributed by atoms with Crippen LogP contribution in [0.3, 0.4) is 0 Å². The molecule has 1 heterocycles. The molecule has 0 amide bonds. The van der Waals surface area contributed by atoms with Gasteiger partial charge in [0.25, 0.3) is 5.56 Å². The van der Waals surface area contributed by atoms with Gasteiger partial charge in [-0.15, -0.1) is 11.8 Å². The summed E-state index contributed by atoms with van der Waals surface area (Å²) in [5.74, 6) is 0.620. The van der Waals surface area contributed by atoms with Gasteiger partial charge >= 0.3 is 0 Å². The van der Waals surface area contributed by atoms with Gasteiger partial charge in [0.15, 0.2) is 0 Å². The summed E-state index contributed by atoms with van der Waals surface area (Å²) in [6.07, 6.45) is 9.57. The van der Waals surface area contributed by atoms with Crippen LogP contribution in [0.4, 0.5) is 0 Å². The van der Waals surface area contributed by atoms with Crippen molar-refractivity contribution in [3.05, 3.63) is 69.6 Å². The number of nitrogens with one attached hydrogen (secondary N) is 1. The fourth-order valence-corrected chi connectivity index (χ4v) is 3.58. The van der Waals surface area contributed by atoms with E-state index in [1.807, 2.05) is 19.1 Å². The van der Waals surface area contributed by atoms with Gasteiger partial charge in [-0.05, 0) is 55.7 Å². The second-order valence-electron chi connectivity index (χ2n) is 6.24. The number of allylic oxidation sites excluding steroid dienone is 1. The standard InChI is InChI=1S/C20H23NOS.2H2O.H2/c1-14-7-12-19(21-20(14)22)18(13-15-5-3-4-6-15)16-8-10-17(23-2)11-9-16;;;/h7-13,15H,3-6H2,1-2H3,(H,21,22);2*1H2;1H/b18-13+;;;. The maximum Gasteiger partial charge on any atom is 0.251 e. The largest absolute Gasteiger partial charge is 0.412 e. The second-order valence-corrected chi connectivity index (χ2v) is 7.12. The van der Waals surface area contributed by atoms with Crippen molar-refractivity contribution in [2.45, 2.75) is 37.5 Å². The molecule has 5 heteroatoms. The van der Waals surface area contributed by atoms with Gasteiger partial charge in [0.1, 0.15) is 0 Å². The average molecular weight is 364 g/mol. The van der Waals surface area contributed by atoms with E-state index in [0.29, 0.717) is 5.92 Å². The third-order valence-corrected chi connectivity index (χ3v) is 5.34. The van der Waals surface area contributed by atoms with Crippen LogP contribution in [-0.4, -0.2) is 22.2 Å². The number of pyridine rings is 1. The van der Waals surface area contributed by atoms with Crippen molar-refractivity contribution in [2.75, 3.05) is 6.26 Å². The number of rotatable bonds is 4. The molecule has 1 aromatic carbocycles. The Labute approximate surface area is 154 Å². The molecule has 1 saturated carbocycles. The van der Waals surface area contributed by atoms with E-state index >= 15 is 0 Å². The Morgan fingerprint density at radius 3 is 2.32 bits per heavy atom. The lowest BCUT2D eigenvalue weighted by molar-refractivity contribution is 0.687. The molecule has 0 radical (unpaired) electrons. The van der Waals surface area contributed by atoms with Crippen molar-refractivity contribution in [2.24, 2.45) is 5.92 Å². The zero-order valence-electron chi connectivity index (χ0n) is 14.8. The molecule has 1 aromatic heterocycles. The highest BCUT2D eigenvalue weighted by molar-refractivity contribution is 7.98. The monoisotopic (exact) mass is 363 g/mol. The van der Waals surface area contributed by atoms with Crippen LogP contribution in [0.2, 0.25) is 0 Å². The Kier molecular flexibility index (Phi) is 8.16. The molecule has 0 saturated heterocycles. The molecule has 1 aliphatic rings. The number of aryl methyl sites for hydroxylation is 1. The Bertz CT molecular complexity index is 765. The molecule has 1 fully saturated rings. The number of aromatic nitrogens is 1. The first-order valence-electron chi connectivity index (χ1n) is 8.24. The number of hydrogen-bond donors (Lipinski definition) is 1. The molecule has 0 spiro atoms. The molecule has 3 rings (SSSR count). The van der Waals surface area contributed by atoms with E-state index in [9.17, 15) is 4.79 Å². The lowest BCUT2D eigenvalue weighted by Gasteiger charge is -2.12. The zero-order valence-corrected chi connectivity index (χ0v) is 15.6. The summed E-state index contributed by atoms with van der Waals surface area (Å²) in [6.45, 7) is 1.84. The zero-order chi connectivity index (χ0) is 16.2. The summed E-state index contributed by atoms with van der Waals surface area (Å²) in [7, 11) is 0. The van der Waals surface area contributed by atoms with E-state index in [0.717, 1.165) is 16.8 Å². The van der Waals surface area contributed by atoms with E-state index < -0.39 is 0 Å². The first-order valence-corrected chi connectivity index (χ1v) is 9.46. The van der Waals surface area contributed by atoms with E-state index in [2.05, 4.69) is 41.6 Å². The molecule has 4 nitrogen and oxygen atoms in total. The number of thioether (sulfide) groups is 1. The summed E-state index contributed by atoms with van der Waals surface area (Å²) in [5.41, 5.74) is 4.01. The van der Waals surface area contributed by atoms with Gasteiger partial charge in [0, 0.05) is 23.2 Å². The molecule has 2 aromatic rings. The van der Waals surface area contributed by atoms with Crippen LogP contribution in [0.5, 0.6) is 0 Å². The molecule has 25 heavy (non-hydrogen) atoms. The van der Waals surface area contributed by atoms with Gasteiger partial charge in [-0.1, -0.05) is 37.1 Å². The lowest BCUT2D eigenvalue weighted by atomic mass is 9.96.